The third kappa shape index (κ3) is 3.95. The van der Waals surface area contributed by atoms with Crippen LogP contribution >= 0.6 is 0 Å². The molecule has 0 aliphatic heterocycles. The zero-order valence-electron chi connectivity index (χ0n) is 12.9. The van der Waals surface area contributed by atoms with Gasteiger partial charge in [-0.2, -0.15) is 0 Å². The summed E-state index contributed by atoms with van der Waals surface area (Å²) in [7, 11) is 0. The van der Waals surface area contributed by atoms with Gasteiger partial charge < -0.3 is 10.1 Å². The molecule has 0 spiro atoms. The van der Waals surface area contributed by atoms with Crippen LogP contribution in [-0.2, 0) is 14.3 Å². The normalized spacial score (nSPS) is 11.6. The van der Waals surface area contributed by atoms with E-state index in [0.717, 1.165) is 16.8 Å². The predicted molar refractivity (Wildman–Crippen MR) is 85.5 cm³/mol. The average molecular weight is 297 g/mol. The van der Waals surface area contributed by atoms with Crippen molar-refractivity contribution in [3.63, 3.8) is 0 Å². The van der Waals surface area contributed by atoms with Crippen molar-refractivity contribution in [2.75, 3.05) is 5.32 Å². The monoisotopic (exact) mass is 297 g/mol. The number of nitrogens with one attached hydrogen (secondary N) is 1. The zero-order chi connectivity index (χ0) is 16.1. The van der Waals surface area contributed by atoms with Crippen molar-refractivity contribution >= 4 is 17.6 Å². The Bertz CT molecular complexity index is 680. The van der Waals surface area contributed by atoms with Gasteiger partial charge in [-0.05, 0) is 31.0 Å². The van der Waals surface area contributed by atoms with Crippen LogP contribution in [0.3, 0.4) is 0 Å². The van der Waals surface area contributed by atoms with E-state index in [-0.39, 0.29) is 5.91 Å². The molecule has 2 aromatic carbocycles. The summed E-state index contributed by atoms with van der Waals surface area (Å²) in [5.41, 5.74) is 3.36. The number of anilines is 1. The van der Waals surface area contributed by atoms with Crippen LogP contribution < -0.4 is 5.32 Å². The Morgan fingerprint density at radius 3 is 2.36 bits per heavy atom. The second-order valence-electron chi connectivity index (χ2n) is 5.21. The number of amides is 1. The van der Waals surface area contributed by atoms with Gasteiger partial charge >= 0.3 is 5.97 Å². The quantitative estimate of drug-likeness (QED) is 0.878. The molecule has 0 radical (unpaired) electrons. The first-order valence-electron chi connectivity index (χ1n) is 7.07. The number of hydrogen-bond acceptors (Lipinski definition) is 3. The summed E-state index contributed by atoms with van der Waals surface area (Å²) in [4.78, 5) is 23.8. The first-order valence-corrected chi connectivity index (χ1v) is 7.07. The Morgan fingerprint density at radius 2 is 1.73 bits per heavy atom. The smallest absolute Gasteiger partial charge is 0.303 e. The van der Waals surface area contributed by atoms with Crippen LogP contribution in [0, 0.1) is 13.8 Å². The Morgan fingerprint density at radius 1 is 1.05 bits per heavy atom. The highest BCUT2D eigenvalue weighted by Gasteiger charge is 2.24. The van der Waals surface area contributed by atoms with Crippen LogP contribution in [0.15, 0.2) is 48.5 Å². The molecular weight excluding hydrogens is 278 g/mol. The fourth-order valence-corrected chi connectivity index (χ4v) is 2.14. The van der Waals surface area contributed by atoms with E-state index < -0.39 is 12.1 Å². The highest BCUT2D eigenvalue weighted by atomic mass is 16.5. The summed E-state index contributed by atoms with van der Waals surface area (Å²) < 4.78 is 5.19. The highest BCUT2D eigenvalue weighted by molar-refractivity contribution is 5.96. The fraction of sp³-hybridized carbons (Fsp3) is 0.222. The molecule has 2 rings (SSSR count). The topological polar surface area (TPSA) is 55.4 Å². The van der Waals surface area contributed by atoms with Crippen LogP contribution in [0.25, 0.3) is 0 Å². The minimum absolute atomic E-state index is 0.366. The molecule has 114 valence electrons. The van der Waals surface area contributed by atoms with Gasteiger partial charge in [0.2, 0.25) is 6.10 Å². The van der Waals surface area contributed by atoms with Crippen LogP contribution in [0.2, 0.25) is 0 Å². The predicted octanol–water partition coefficient (Wildman–Crippen LogP) is 3.55. The summed E-state index contributed by atoms with van der Waals surface area (Å²) in [5, 5.41) is 2.84. The molecule has 0 aliphatic carbocycles. The summed E-state index contributed by atoms with van der Waals surface area (Å²) >= 11 is 0. The van der Waals surface area contributed by atoms with Crippen LogP contribution in [0.5, 0.6) is 0 Å². The van der Waals surface area contributed by atoms with Gasteiger partial charge in [-0.25, -0.2) is 0 Å². The molecule has 4 heteroatoms. The fourth-order valence-electron chi connectivity index (χ4n) is 2.14. The van der Waals surface area contributed by atoms with Crippen LogP contribution in [-0.4, -0.2) is 11.9 Å². The third-order valence-corrected chi connectivity index (χ3v) is 3.28. The SMILES string of the molecule is CC(=O)OC(C(=O)Nc1cc(C)ccc1C)c1ccccc1. The lowest BCUT2D eigenvalue weighted by molar-refractivity contribution is -0.152. The third-order valence-electron chi connectivity index (χ3n) is 3.28. The van der Waals surface area contributed by atoms with Crippen molar-refractivity contribution in [2.24, 2.45) is 0 Å². The summed E-state index contributed by atoms with van der Waals surface area (Å²) in [6.45, 7) is 5.16. The van der Waals surface area contributed by atoms with E-state index in [1.807, 2.05) is 38.1 Å². The van der Waals surface area contributed by atoms with Gasteiger partial charge in [0.15, 0.2) is 0 Å². The van der Waals surface area contributed by atoms with Crippen molar-refractivity contribution in [2.45, 2.75) is 26.9 Å². The summed E-state index contributed by atoms with van der Waals surface area (Å²) in [5.74, 6) is -0.861. The lowest BCUT2D eigenvalue weighted by Crippen LogP contribution is -2.25. The summed E-state index contributed by atoms with van der Waals surface area (Å²) in [6, 6.07) is 14.8. The lowest BCUT2D eigenvalue weighted by atomic mass is 10.1. The van der Waals surface area contributed by atoms with Crippen molar-refractivity contribution in [1.29, 1.82) is 0 Å². The highest BCUT2D eigenvalue weighted by Crippen LogP contribution is 2.22. The summed E-state index contributed by atoms with van der Waals surface area (Å²) in [6.07, 6.45) is -0.960. The molecule has 4 nitrogen and oxygen atoms in total. The Hall–Kier alpha value is -2.62. The number of ether oxygens (including phenoxy) is 1. The minimum atomic E-state index is -0.960. The Kier molecular flexibility index (Phi) is 4.94. The zero-order valence-corrected chi connectivity index (χ0v) is 12.9. The van der Waals surface area contributed by atoms with Crippen molar-refractivity contribution in [1.82, 2.24) is 0 Å². The van der Waals surface area contributed by atoms with Gasteiger partial charge in [0.05, 0.1) is 0 Å². The van der Waals surface area contributed by atoms with Gasteiger partial charge in [-0.3, -0.25) is 9.59 Å². The standard InChI is InChI=1S/C18H19NO3/c1-12-9-10-13(2)16(11-12)19-18(21)17(22-14(3)20)15-7-5-4-6-8-15/h4-11,17H,1-3H3,(H,19,21). The first-order chi connectivity index (χ1) is 10.5. The van der Waals surface area contributed by atoms with Gasteiger partial charge in [0.25, 0.3) is 5.91 Å². The Labute approximate surface area is 130 Å². The van der Waals surface area contributed by atoms with E-state index >= 15 is 0 Å². The molecule has 2 aromatic rings. The maximum absolute atomic E-state index is 12.5. The van der Waals surface area contributed by atoms with E-state index in [4.69, 9.17) is 4.74 Å². The molecule has 1 N–H and O–H groups in total. The van der Waals surface area contributed by atoms with Crippen LogP contribution in [0.4, 0.5) is 5.69 Å². The molecule has 0 aromatic heterocycles. The Balaban J connectivity index is 2.26. The van der Waals surface area contributed by atoms with E-state index in [2.05, 4.69) is 5.32 Å². The number of benzene rings is 2. The molecule has 0 fully saturated rings. The lowest BCUT2D eigenvalue weighted by Gasteiger charge is -2.18. The number of hydrogen-bond donors (Lipinski definition) is 1. The molecule has 1 atom stereocenters. The average Bonchev–Trinajstić information content (AvgIpc) is 2.49. The maximum Gasteiger partial charge on any atom is 0.303 e. The van der Waals surface area contributed by atoms with E-state index in [9.17, 15) is 9.59 Å². The maximum atomic E-state index is 12.5. The van der Waals surface area contributed by atoms with E-state index in [1.54, 1.807) is 24.3 Å². The molecule has 0 saturated heterocycles. The molecule has 22 heavy (non-hydrogen) atoms. The molecule has 0 bridgehead atoms. The number of carbonyl (C=O) groups is 2. The number of carbonyl (C=O) groups excluding carboxylic acids is 2. The van der Waals surface area contributed by atoms with Gasteiger partial charge in [-0.15, -0.1) is 0 Å². The number of esters is 1. The van der Waals surface area contributed by atoms with Crippen molar-refractivity contribution in [3.8, 4) is 0 Å². The minimum Gasteiger partial charge on any atom is -0.447 e. The first kappa shape index (κ1) is 15.8. The van der Waals surface area contributed by atoms with Crippen molar-refractivity contribution < 1.29 is 14.3 Å². The van der Waals surface area contributed by atoms with E-state index in [1.165, 1.54) is 6.92 Å². The second-order valence-corrected chi connectivity index (χ2v) is 5.21. The molecule has 0 saturated carbocycles. The molecule has 0 heterocycles. The van der Waals surface area contributed by atoms with Gasteiger partial charge in [-0.1, -0.05) is 42.5 Å². The molecule has 1 amide bonds. The van der Waals surface area contributed by atoms with Crippen molar-refractivity contribution in [3.05, 3.63) is 65.2 Å². The van der Waals surface area contributed by atoms with Gasteiger partial charge in [0.1, 0.15) is 0 Å². The van der Waals surface area contributed by atoms with E-state index in [0.29, 0.717) is 5.56 Å². The number of aryl methyl sites for hydroxylation is 2. The van der Waals surface area contributed by atoms with Crippen LogP contribution in [0.1, 0.15) is 29.7 Å². The number of rotatable bonds is 4. The molecule has 0 aliphatic rings. The molecular formula is C18H19NO3. The largest absolute Gasteiger partial charge is 0.447 e. The second kappa shape index (κ2) is 6.89. The van der Waals surface area contributed by atoms with Gasteiger partial charge in [0, 0.05) is 18.2 Å². The molecule has 1 unspecified atom stereocenters.